The van der Waals surface area contributed by atoms with Gasteiger partial charge < -0.3 is 25.4 Å². The number of piperazine rings is 1. The minimum absolute atomic E-state index is 0. The summed E-state index contributed by atoms with van der Waals surface area (Å²) in [7, 11) is 3.97. The lowest BCUT2D eigenvalue weighted by molar-refractivity contribution is 0.312. The van der Waals surface area contributed by atoms with E-state index < -0.39 is 0 Å². The van der Waals surface area contributed by atoms with Crippen LogP contribution in [-0.2, 0) is 13.0 Å². The fourth-order valence-corrected chi connectivity index (χ4v) is 4.35. The number of aromatic nitrogens is 1. The first-order valence-electron chi connectivity index (χ1n) is 10.9. The predicted molar refractivity (Wildman–Crippen MR) is 147 cm³/mol. The van der Waals surface area contributed by atoms with Crippen LogP contribution in [0.1, 0.15) is 11.1 Å². The lowest BCUT2D eigenvalue weighted by atomic mass is 10.1. The maximum atomic E-state index is 6.59. The Hall–Kier alpha value is -1.97. The molecule has 0 radical (unpaired) electrons. The van der Waals surface area contributed by atoms with Crippen molar-refractivity contribution in [3.63, 3.8) is 0 Å². The van der Waals surface area contributed by atoms with E-state index >= 15 is 0 Å². The van der Waals surface area contributed by atoms with Crippen molar-refractivity contribution in [2.45, 2.75) is 13.0 Å². The Kier molecular flexibility index (Phi) is 9.07. The van der Waals surface area contributed by atoms with Crippen LogP contribution < -0.4 is 15.5 Å². The molecule has 3 aromatic rings. The maximum absolute atomic E-state index is 6.59. The molecule has 1 aliphatic rings. The highest BCUT2D eigenvalue weighted by Gasteiger charge is 2.18. The summed E-state index contributed by atoms with van der Waals surface area (Å²) in [5.41, 5.74) is 4.81. The fourth-order valence-electron chi connectivity index (χ4n) is 4.11. The van der Waals surface area contributed by atoms with E-state index in [-0.39, 0.29) is 24.0 Å². The number of nitrogens with one attached hydrogen (secondary N) is 3. The van der Waals surface area contributed by atoms with Crippen LogP contribution in [0.15, 0.2) is 53.7 Å². The SMILES string of the molecule is CN=C(NCCc1c[nH]c2ccccc12)NCc1c(Cl)cccc1N1CCN(C)CC1.I. The van der Waals surface area contributed by atoms with Gasteiger partial charge in [-0.1, -0.05) is 35.9 Å². The molecule has 1 aromatic heterocycles. The van der Waals surface area contributed by atoms with Gasteiger partial charge in [-0.05, 0) is 37.2 Å². The van der Waals surface area contributed by atoms with Crippen molar-refractivity contribution in [2.75, 3.05) is 51.7 Å². The topological polar surface area (TPSA) is 58.7 Å². The molecular formula is C24H32ClIN6. The summed E-state index contributed by atoms with van der Waals surface area (Å²) in [6, 6.07) is 14.6. The van der Waals surface area contributed by atoms with Gasteiger partial charge in [0, 0.05) is 79.7 Å². The number of halogens is 2. The summed E-state index contributed by atoms with van der Waals surface area (Å²) in [5.74, 6) is 0.782. The van der Waals surface area contributed by atoms with Gasteiger partial charge in [0.25, 0.3) is 0 Å². The van der Waals surface area contributed by atoms with Crippen molar-refractivity contribution in [3.05, 3.63) is 64.8 Å². The average molecular weight is 567 g/mol. The van der Waals surface area contributed by atoms with E-state index in [1.165, 1.54) is 22.2 Å². The molecule has 1 saturated heterocycles. The smallest absolute Gasteiger partial charge is 0.191 e. The molecule has 4 rings (SSSR count). The summed E-state index contributed by atoms with van der Waals surface area (Å²) in [6.45, 7) is 5.60. The monoisotopic (exact) mass is 566 g/mol. The zero-order valence-electron chi connectivity index (χ0n) is 18.7. The molecule has 1 aliphatic heterocycles. The lowest BCUT2D eigenvalue weighted by Gasteiger charge is -2.35. The number of hydrogen-bond donors (Lipinski definition) is 3. The minimum Gasteiger partial charge on any atom is -0.369 e. The Morgan fingerprint density at radius 3 is 2.62 bits per heavy atom. The van der Waals surface area contributed by atoms with Crippen LogP contribution in [0.4, 0.5) is 5.69 Å². The zero-order valence-corrected chi connectivity index (χ0v) is 21.8. The Morgan fingerprint density at radius 2 is 1.84 bits per heavy atom. The van der Waals surface area contributed by atoms with Gasteiger partial charge in [0.05, 0.1) is 0 Å². The number of aromatic amines is 1. The summed E-state index contributed by atoms with van der Waals surface area (Å²) in [4.78, 5) is 12.5. The highest BCUT2D eigenvalue weighted by atomic mass is 127. The molecule has 1 fully saturated rings. The minimum atomic E-state index is 0. The number of fused-ring (bicyclic) bond motifs is 1. The number of anilines is 1. The number of guanidine groups is 1. The van der Waals surface area contributed by atoms with Crippen LogP contribution in [0.5, 0.6) is 0 Å². The number of benzene rings is 2. The molecule has 0 unspecified atom stereocenters. The predicted octanol–water partition coefficient (Wildman–Crippen LogP) is 4.10. The van der Waals surface area contributed by atoms with Crippen molar-refractivity contribution in [1.29, 1.82) is 0 Å². The molecule has 6 nitrogen and oxygen atoms in total. The van der Waals surface area contributed by atoms with E-state index in [9.17, 15) is 0 Å². The van der Waals surface area contributed by atoms with Crippen molar-refractivity contribution in [1.82, 2.24) is 20.5 Å². The summed E-state index contributed by atoms with van der Waals surface area (Å²) in [5, 5.41) is 8.94. The van der Waals surface area contributed by atoms with E-state index in [4.69, 9.17) is 11.6 Å². The molecule has 0 saturated carbocycles. The van der Waals surface area contributed by atoms with Crippen molar-refractivity contribution >= 4 is 58.1 Å². The van der Waals surface area contributed by atoms with E-state index in [2.05, 4.69) is 74.0 Å². The normalized spacial score (nSPS) is 15.0. The number of aliphatic imine (C=N–C) groups is 1. The third kappa shape index (κ3) is 5.88. The summed E-state index contributed by atoms with van der Waals surface area (Å²) >= 11 is 6.59. The Bertz CT molecular complexity index is 1040. The number of nitrogens with zero attached hydrogens (tertiary/aromatic N) is 3. The molecule has 2 aromatic carbocycles. The van der Waals surface area contributed by atoms with Gasteiger partial charge in [0.1, 0.15) is 0 Å². The van der Waals surface area contributed by atoms with Gasteiger partial charge in [-0.15, -0.1) is 24.0 Å². The van der Waals surface area contributed by atoms with Gasteiger partial charge in [-0.25, -0.2) is 0 Å². The third-order valence-corrected chi connectivity index (χ3v) is 6.31. The maximum Gasteiger partial charge on any atom is 0.191 e. The van der Waals surface area contributed by atoms with Gasteiger partial charge in [0.15, 0.2) is 5.96 Å². The zero-order chi connectivity index (χ0) is 21.6. The first-order chi connectivity index (χ1) is 15.2. The van der Waals surface area contributed by atoms with Crippen LogP contribution in [0, 0.1) is 0 Å². The molecule has 2 heterocycles. The van der Waals surface area contributed by atoms with Gasteiger partial charge in [0.2, 0.25) is 0 Å². The number of hydrogen-bond acceptors (Lipinski definition) is 3. The van der Waals surface area contributed by atoms with E-state index in [1.54, 1.807) is 7.05 Å². The highest BCUT2D eigenvalue weighted by molar-refractivity contribution is 14.0. The van der Waals surface area contributed by atoms with Crippen LogP contribution in [0.3, 0.4) is 0 Å². The van der Waals surface area contributed by atoms with Crippen LogP contribution in [0.2, 0.25) is 5.02 Å². The van der Waals surface area contributed by atoms with Crippen molar-refractivity contribution in [2.24, 2.45) is 4.99 Å². The highest BCUT2D eigenvalue weighted by Crippen LogP contribution is 2.28. The molecule has 32 heavy (non-hydrogen) atoms. The molecule has 172 valence electrons. The van der Waals surface area contributed by atoms with Gasteiger partial charge in [-0.2, -0.15) is 0 Å². The molecule has 0 aliphatic carbocycles. The molecule has 0 spiro atoms. The van der Waals surface area contributed by atoms with E-state index in [1.807, 2.05) is 12.1 Å². The number of para-hydroxylation sites is 1. The van der Waals surface area contributed by atoms with Crippen LogP contribution in [0.25, 0.3) is 10.9 Å². The average Bonchev–Trinajstić information content (AvgIpc) is 3.20. The molecule has 0 atom stereocenters. The first-order valence-corrected chi connectivity index (χ1v) is 11.2. The summed E-state index contributed by atoms with van der Waals surface area (Å²) in [6.07, 6.45) is 3.01. The number of likely N-dealkylation sites (N-methyl/N-ethyl adjacent to an activating group) is 1. The Labute approximate surface area is 212 Å². The largest absolute Gasteiger partial charge is 0.369 e. The third-order valence-electron chi connectivity index (χ3n) is 5.96. The molecular weight excluding hydrogens is 535 g/mol. The second-order valence-electron chi connectivity index (χ2n) is 7.99. The Balaban J connectivity index is 0.00000289. The molecule has 8 heteroatoms. The van der Waals surface area contributed by atoms with Crippen molar-refractivity contribution < 1.29 is 0 Å². The lowest BCUT2D eigenvalue weighted by Crippen LogP contribution is -2.45. The first kappa shape index (κ1) is 24.7. The molecule has 3 N–H and O–H groups in total. The standard InChI is InChI=1S/C24H31ClN6.HI/c1-26-24(27-11-10-18-16-28-22-8-4-3-6-19(18)22)29-17-20-21(25)7-5-9-23(20)31-14-12-30(2)13-15-31;/h3-9,16,28H,10-15,17H2,1-2H3,(H2,26,27,29);1H. The van der Waals surface area contributed by atoms with E-state index in [0.717, 1.165) is 55.7 Å². The van der Waals surface area contributed by atoms with Gasteiger partial charge >= 0.3 is 0 Å². The van der Waals surface area contributed by atoms with Gasteiger partial charge in [-0.3, -0.25) is 4.99 Å². The van der Waals surface area contributed by atoms with Crippen LogP contribution >= 0.6 is 35.6 Å². The summed E-state index contributed by atoms with van der Waals surface area (Å²) < 4.78 is 0. The number of H-pyrrole nitrogens is 1. The Morgan fingerprint density at radius 1 is 1.06 bits per heavy atom. The van der Waals surface area contributed by atoms with Crippen LogP contribution in [-0.4, -0.2) is 62.7 Å². The number of rotatable bonds is 6. The second kappa shape index (κ2) is 11.8. The molecule has 0 amide bonds. The second-order valence-corrected chi connectivity index (χ2v) is 8.40. The fraction of sp³-hybridized carbons (Fsp3) is 0.375. The van der Waals surface area contributed by atoms with E-state index in [0.29, 0.717) is 6.54 Å². The quantitative estimate of drug-likeness (QED) is 0.239. The van der Waals surface area contributed by atoms with Crippen molar-refractivity contribution in [3.8, 4) is 0 Å². The molecule has 0 bridgehead atoms.